The Morgan fingerprint density at radius 2 is 1.50 bits per heavy atom. The van der Waals surface area contributed by atoms with Gasteiger partial charge in [-0.25, -0.2) is 9.29 Å². The van der Waals surface area contributed by atoms with E-state index in [0.717, 1.165) is 29.2 Å². The lowest BCUT2D eigenvalue weighted by molar-refractivity contribution is -0.274. The molecule has 4 rings (SSSR count). The zero-order valence-electron chi connectivity index (χ0n) is 16.2. The van der Waals surface area contributed by atoms with E-state index >= 15 is 0 Å². The lowest BCUT2D eigenvalue weighted by atomic mass is 10.0. The first kappa shape index (κ1) is 21.1. The van der Waals surface area contributed by atoms with Crippen molar-refractivity contribution in [2.45, 2.75) is 6.36 Å². The van der Waals surface area contributed by atoms with Crippen molar-refractivity contribution in [3.63, 3.8) is 0 Å². The second-order valence-corrected chi connectivity index (χ2v) is 6.74. The Kier molecular flexibility index (Phi) is 5.40. The number of carbonyl (C=O) groups excluding carboxylic acids is 2. The van der Waals surface area contributed by atoms with E-state index in [4.69, 9.17) is 0 Å². The standard InChI is InChI=1S/C23H14F4N2O3/c24-15-9-11-17(12-10-15)29-21(30)19(14-5-2-1-3-6-14)20(22(29)31)28-16-7-4-8-18(13-16)32-23(25,26)27/h1-13,28H. The number of amides is 2. The summed E-state index contributed by atoms with van der Waals surface area (Å²) in [5.74, 6) is -2.42. The lowest BCUT2D eigenvalue weighted by Gasteiger charge is -2.15. The molecule has 0 bridgehead atoms. The molecule has 32 heavy (non-hydrogen) atoms. The average Bonchev–Trinajstić information content (AvgIpc) is 2.98. The highest BCUT2D eigenvalue weighted by Crippen LogP contribution is 2.34. The molecule has 0 atom stereocenters. The van der Waals surface area contributed by atoms with Gasteiger partial charge in [0.05, 0.1) is 11.3 Å². The molecule has 0 radical (unpaired) electrons. The second-order valence-electron chi connectivity index (χ2n) is 6.74. The summed E-state index contributed by atoms with van der Waals surface area (Å²) >= 11 is 0. The van der Waals surface area contributed by atoms with Crippen LogP contribution in [-0.4, -0.2) is 18.2 Å². The summed E-state index contributed by atoms with van der Waals surface area (Å²) in [7, 11) is 0. The lowest BCUT2D eigenvalue weighted by Crippen LogP contribution is -2.32. The molecule has 1 aliphatic heterocycles. The van der Waals surface area contributed by atoms with Crippen molar-refractivity contribution in [3.8, 4) is 5.75 Å². The maximum atomic E-state index is 13.3. The van der Waals surface area contributed by atoms with E-state index in [1.54, 1.807) is 30.3 Å². The van der Waals surface area contributed by atoms with E-state index in [1.807, 2.05) is 0 Å². The summed E-state index contributed by atoms with van der Waals surface area (Å²) in [6.07, 6.45) is -4.88. The molecule has 0 saturated carbocycles. The van der Waals surface area contributed by atoms with Crippen LogP contribution in [0.25, 0.3) is 5.57 Å². The highest BCUT2D eigenvalue weighted by Gasteiger charge is 2.40. The molecule has 5 nitrogen and oxygen atoms in total. The topological polar surface area (TPSA) is 58.6 Å². The fourth-order valence-corrected chi connectivity index (χ4v) is 3.26. The number of hydrogen-bond donors (Lipinski definition) is 1. The summed E-state index contributed by atoms with van der Waals surface area (Å²) in [6, 6.07) is 18.0. The molecule has 0 aromatic heterocycles. The molecular formula is C23H14F4N2O3. The van der Waals surface area contributed by atoms with Gasteiger partial charge >= 0.3 is 6.36 Å². The molecule has 1 aliphatic rings. The number of carbonyl (C=O) groups is 2. The molecule has 9 heteroatoms. The summed E-state index contributed by atoms with van der Waals surface area (Å²) in [4.78, 5) is 27.3. The number of anilines is 2. The van der Waals surface area contributed by atoms with Crippen LogP contribution in [-0.2, 0) is 9.59 Å². The molecular weight excluding hydrogens is 428 g/mol. The summed E-state index contributed by atoms with van der Waals surface area (Å²) < 4.78 is 54.9. The number of imide groups is 1. The van der Waals surface area contributed by atoms with Gasteiger partial charge in [0.25, 0.3) is 11.8 Å². The largest absolute Gasteiger partial charge is 0.573 e. The van der Waals surface area contributed by atoms with Gasteiger partial charge in [-0.15, -0.1) is 13.2 Å². The molecule has 3 aromatic rings. The third-order valence-electron chi connectivity index (χ3n) is 4.57. The first-order valence-corrected chi connectivity index (χ1v) is 9.30. The predicted octanol–water partition coefficient (Wildman–Crippen LogP) is 5.12. The van der Waals surface area contributed by atoms with Crippen LogP contribution >= 0.6 is 0 Å². The van der Waals surface area contributed by atoms with Gasteiger partial charge < -0.3 is 10.1 Å². The zero-order chi connectivity index (χ0) is 22.9. The van der Waals surface area contributed by atoms with Crippen LogP contribution in [0.15, 0.2) is 84.6 Å². The molecule has 0 spiro atoms. The molecule has 0 unspecified atom stereocenters. The third kappa shape index (κ3) is 4.31. The van der Waals surface area contributed by atoms with Crippen molar-refractivity contribution >= 4 is 28.8 Å². The van der Waals surface area contributed by atoms with Gasteiger partial charge in [0, 0.05) is 11.8 Å². The van der Waals surface area contributed by atoms with Gasteiger partial charge in [0.2, 0.25) is 0 Å². The number of halogens is 4. The molecule has 2 amide bonds. The number of nitrogens with one attached hydrogen (secondary N) is 1. The van der Waals surface area contributed by atoms with Gasteiger partial charge in [-0.1, -0.05) is 36.4 Å². The van der Waals surface area contributed by atoms with Crippen molar-refractivity contribution in [3.05, 3.63) is 95.9 Å². The van der Waals surface area contributed by atoms with Crippen molar-refractivity contribution in [2.75, 3.05) is 10.2 Å². The molecule has 1 heterocycles. The van der Waals surface area contributed by atoms with Gasteiger partial charge in [0.1, 0.15) is 17.3 Å². The number of alkyl halides is 3. The van der Waals surface area contributed by atoms with Gasteiger partial charge in [-0.05, 0) is 42.0 Å². The maximum absolute atomic E-state index is 13.3. The van der Waals surface area contributed by atoms with Crippen LogP contribution < -0.4 is 15.0 Å². The van der Waals surface area contributed by atoms with Crippen molar-refractivity contribution < 1.29 is 31.9 Å². The Bertz CT molecular complexity index is 1210. The number of ether oxygens (including phenoxy) is 1. The van der Waals surface area contributed by atoms with Crippen molar-refractivity contribution in [2.24, 2.45) is 0 Å². The van der Waals surface area contributed by atoms with Crippen molar-refractivity contribution in [1.29, 1.82) is 0 Å². The normalized spacial score (nSPS) is 14.2. The van der Waals surface area contributed by atoms with Crippen LogP contribution in [0.4, 0.5) is 28.9 Å². The van der Waals surface area contributed by atoms with E-state index in [1.165, 1.54) is 24.3 Å². The Hall–Kier alpha value is -4.14. The minimum atomic E-state index is -4.88. The highest BCUT2D eigenvalue weighted by molar-refractivity contribution is 6.46. The van der Waals surface area contributed by atoms with Crippen LogP contribution in [0, 0.1) is 5.82 Å². The first-order valence-electron chi connectivity index (χ1n) is 9.30. The Morgan fingerprint density at radius 1 is 0.812 bits per heavy atom. The molecule has 0 fully saturated rings. The molecule has 0 saturated heterocycles. The quantitative estimate of drug-likeness (QED) is 0.440. The van der Waals surface area contributed by atoms with Gasteiger partial charge in [-0.2, -0.15) is 0 Å². The van der Waals surface area contributed by atoms with Crippen LogP contribution in [0.5, 0.6) is 5.75 Å². The number of hydrogen-bond acceptors (Lipinski definition) is 4. The van der Waals surface area contributed by atoms with Gasteiger partial charge in [-0.3, -0.25) is 9.59 Å². The van der Waals surface area contributed by atoms with E-state index in [-0.39, 0.29) is 22.6 Å². The SMILES string of the molecule is O=C1C(Nc2cccc(OC(F)(F)F)c2)=C(c2ccccc2)C(=O)N1c1ccc(F)cc1. The highest BCUT2D eigenvalue weighted by atomic mass is 19.4. The van der Waals surface area contributed by atoms with Crippen LogP contribution in [0.2, 0.25) is 0 Å². The Morgan fingerprint density at radius 3 is 2.16 bits per heavy atom. The monoisotopic (exact) mass is 442 g/mol. The second kappa shape index (κ2) is 8.18. The molecule has 162 valence electrons. The van der Waals surface area contributed by atoms with E-state index < -0.39 is 29.7 Å². The minimum absolute atomic E-state index is 0.0297. The summed E-state index contributed by atoms with van der Waals surface area (Å²) in [5, 5.41) is 2.75. The fourth-order valence-electron chi connectivity index (χ4n) is 3.26. The average molecular weight is 442 g/mol. The molecule has 1 N–H and O–H groups in total. The number of rotatable bonds is 5. The van der Waals surface area contributed by atoms with Crippen LogP contribution in [0.1, 0.15) is 5.56 Å². The zero-order valence-corrected chi connectivity index (χ0v) is 16.2. The Labute approximate surface area is 179 Å². The van der Waals surface area contributed by atoms with E-state index in [2.05, 4.69) is 10.1 Å². The Balaban J connectivity index is 1.75. The number of nitrogens with zero attached hydrogens (tertiary/aromatic N) is 1. The smallest absolute Gasteiger partial charge is 0.406 e. The van der Waals surface area contributed by atoms with E-state index in [0.29, 0.717) is 5.56 Å². The predicted molar refractivity (Wildman–Crippen MR) is 109 cm³/mol. The van der Waals surface area contributed by atoms with E-state index in [9.17, 15) is 27.2 Å². The van der Waals surface area contributed by atoms with Crippen molar-refractivity contribution in [1.82, 2.24) is 0 Å². The summed E-state index contributed by atoms with van der Waals surface area (Å²) in [5.41, 5.74) is 0.593. The third-order valence-corrected chi connectivity index (χ3v) is 4.57. The minimum Gasteiger partial charge on any atom is -0.406 e. The number of benzene rings is 3. The van der Waals surface area contributed by atoms with Crippen LogP contribution in [0.3, 0.4) is 0 Å². The first-order chi connectivity index (χ1) is 15.2. The van der Waals surface area contributed by atoms with Gasteiger partial charge in [0.15, 0.2) is 0 Å². The maximum Gasteiger partial charge on any atom is 0.573 e. The summed E-state index contributed by atoms with van der Waals surface area (Å²) in [6.45, 7) is 0. The molecule has 0 aliphatic carbocycles. The molecule has 3 aromatic carbocycles. The fraction of sp³-hybridized carbons (Fsp3) is 0.0435.